The molecule has 1 aliphatic rings. The van der Waals surface area contributed by atoms with E-state index in [9.17, 15) is 13.6 Å². The Hall–Kier alpha value is -3.08. The minimum Gasteiger partial charge on any atom is -0.289 e. The number of halogens is 2. The number of Topliss-reactive ketones (excluding diaryl/α,β-unsaturated/α-hetero) is 1. The molecular formula is C19H12F2N2O. The molecule has 0 radical (unpaired) electrons. The van der Waals surface area contributed by atoms with Crippen molar-refractivity contribution in [1.29, 1.82) is 0 Å². The van der Waals surface area contributed by atoms with Crippen LogP contribution in [0.3, 0.4) is 0 Å². The van der Waals surface area contributed by atoms with Crippen molar-refractivity contribution < 1.29 is 13.6 Å². The first kappa shape index (κ1) is 14.5. The van der Waals surface area contributed by atoms with Crippen LogP contribution in [0, 0.1) is 11.6 Å². The van der Waals surface area contributed by atoms with Gasteiger partial charge in [-0.15, -0.1) is 0 Å². The maximum Gasteiger partial charge on any atom is 0.189 e. The lowest BCUT2D eigenvalue weighted by Gasteiger charge is -1.97. The van der Waals surface area contributed by atoms with Gasteiger partial charge in [-0.1, -0.05) is 24.3 Å². The number of ketones is 1. The lowest BCUT2D eigenvalue weighted by Crippen LogP contribution is -1.94. The van der Waals surface area contributed by atoms with Crippen LogP contribution in [0.15, 0.2) is 54.1 Å². The van der Waals surface area contributed by atoms with Crippen LogP contribution >= 0.6 is 0 Å². The molecule has 0 atom stereocenters. The topological polar surface area (TPSA) is 45.8 Å². The zero-order chi connectivity index (χ0) is 16.7. The second kappa shape index (κ2) is 5.53. The molecule has 0 fully saturated rings. The van der Waals surface area contributed by atoms with Crippen LogP contribution in [0.5, 0.6) is 0 Å². The van der Waals surface area contributed by atoms with E-state index in [4.69, 9.17) is 0 Å². The molecule has 1 N–H and O–H groups in total. The number of rotatable bonds is 2. The van der Waals surface area contributed by atoms with Gasteiger partial charge in [-0.3, -0.25) is 9.89 Å². The van der Waals surface area contributed by atoms with Crippen molar-refractivity contribution in [3.8, 4) is 11.3 Å². The van der Waals surface area contributed by atoms with Gasteiger partial charge in [-0.2, -0.15) is 5.10 Å². The predicted octanol–water partition coefficient (Wildman–Crippen LogP) is 4.18. The molecule has 1 heterocycles. The number of allylic oxidation sites excluding steroid dienone is 1. The Morgan fingerprint density at radius 1 is 1.04 bits per heavy atom. The van der Waals surface area contributed by atoms with Crippen LogP contribution in [-0.2, 0) is 6.42 Å². The number of aromatic nitrogens is 2. The van der Waals surface area contributed by atoms with Gasteiger partial charge in [-0.25, -0.2) is 8.78 Å². The molecule has 0 saturated carbocycles. The van der Waals surface area contributed by atoms with Crippen molar-refractivity contribution in [1.82, 2.24) is 10.2 Å². The maximum atomic E-state index is 13.3. The molecule has 0 unspecified atom stereocenters. The molecule has 0 amide bonds. The third-order valence-corrected chi connectivity index (χ3v) is 4.08. The monoisotopic (exact) mass is 322 g/mol. The third-order valence-electron chi connectivity index (χ3n) is 4.08. The van der Waals surface area contributed by atoms with Gasteiger partial charge in [0.2, 0.25) is 0 Å². The Bertz CT molecular complexity index is 989. The van der Waals surface area contributed by atoms with Crippen molar-refractivity contribution >= 4 is 11.9 Å². The summed E-state index contributed by atoms with van der Waals surface area (Å²) in [5.74, 6) is -1.81. The third kappa shape index (κ3) is 2.44. The van der Waals surface area contributed by atoms with Gasteiger partial charge < -0.3 is 0 Å². The summed E-state index contributed by atoms with van der Waals surface area (Å²) in [5, 5.41) is 6.92. The lowest BCUT2D eigenvalue weighted by atomic mass is 10.1. The molecule has 3 aromatic rings. The van der Waals surface area contributed by atoms with E-state index in [-0.39, 0.29) is 5.78 Å². The number of carbonyl (C=O) groups excluding carboxylic acids is 1. The molecule has 0 bridgehead atoms. The Balaban J connectivity index is 1.64. The summed E-state index contributed by atoms with van der Waals surface area (Å²) in [4.78, 5) is 12.4. The summed E-state index contributed by atoms with van der Waals surface area (Å²) in [6, 6.07) is 12.8. The van der Waals surface area contributed by atoms with E-state index in [0.29, 0.717) is 28.9 Å². The number of hydrogen-bond acceptors (Lipinski definition) is 2. The molecule has 118 valence electrons. The van der Waals surface area contributed by atoms with Gasteiger partial charge in [-0.05, 0) is 35.9 Å². The summed E-state index contributed by atoms with van der Waals surface area (Å²) in [7, 11) is 0. The van der Waals surface area contributed by atoms with E-state index in [2.05, 4.69) is 10.2 Å². The molecule has 0 saturated heterocycles. The predicted molar refractivity (Wildman–Crippen MR) is 86.4 cm³/mol. The van der Waals surface area contributed by atoms with Crippen LogP contribution in [-0.4, -0.2) is 16.0 Å². The second-order valence-corrected chi connectivity index (χ2v) is 5.67. The molecule has 5 heteroatoms. The van der Waals surface area contributed by atoms with Crippen molar-refractivity contribution in [3.63, 3.8) is 0 Å². The smallest absolute Gasteiger partial charge is 0.189 e. The van der Waals surface area contributed by atoms with Gasteiger partial charge in [0.05, 0.1) is 11.4 Å². The first-order valence-electron chi connectivity index (χ1n) is 7.46. The molecule has 0 aliphatic heterocycles. The Kier molecular flexibility index (Phi) is 3.34. The lowest BCUT2D eigenvalue weighted by molar-refractivity contribution is 0.104. The zero-order valence-electron chi connectivity index (χ0n) is 12.5. The van der Waals surface area contributed by atoms with Crippen molar-refractivity contribution in [2.45, 2.75) is 6.42 Å². The fourth-order valence-corrected chi connectivity index (χ4v) is 2.87. The van der Waals surface area contributed by atoms with E-state index in [0.717, 1.165) is 23.3 Å². The Morgan fingerprint density at radius 3 is 2.67 bits per heavy atom. The van der Waals surface area contributed by atoms with Crippen LogP contribution < -0.4 is 0 Å². The number of H-pyrrole nitrogens is 1. The highest BCUT2D eigenvalue weighted by atomic mass is 19.2. The van der Waals surface area contributed by atoms with Crippen molar-refractivity contribution in [2.75, 3.05) is 0 Å². The van der Waals surface area contributed by atoms with Gasteiger partial charge in [0.25, 0.3) is 0 Å². The largest absolute Gasteiger partial charge is 0.289 e. The molecule has 0 spiro atoms. The van der Waals surface area contributed by atoms with Crippen molar-refractivity contribution in [3.05, 3.63) is 82.6 Å². The molecule has 4 rings (SSSR count). The average Bonchev–Trinajstić information content (AvgIpc) is 3.16. The number of fused-ring (bicyclic) bond motifs is 1. The highest BCUT2D eigenvalue weighted by Crippen LogP contribution is 2.28. The van der Waals surface area contributed by atoms with E-state index < -0.39 is 11.6 Å². The summed E-state index contributed by atoms with van der Waals surface area (Å²) < 4.78 is 26.3. The van der Waals surface area contributed by atoms with Crippen LogP contribution in [0.25, 0.3) is 17.3 Å². The highest BCUT2D eigenvalue weighted by Gasteiger charge is 2.24. The molecule has 1 aliphatic carbocycles. The Morgan fingerprint density at radius 2 is 1.88 bits per heavy atom. The van der Waals surface area contributed by atoms with Crippen molar-refractivity contribution in [2.24, 2.45) is 0 Å². The highest BCUT2D eigenvalue weighted by molar-refractivity contribution is 6.15. The summed E-state index contributed by atoms with van der Waals surface area (Å²) in [6.45, 7) is 0. The Labute approximate surface area is 136 Å². The summed E-state index contributed by atoms with van der Waals surface area (Å²) >= 11 is 0. The first-order valence-corrected chi connectivity index (χ1v) is 7.46. The number of benzene rings is 2. The van der Waals surface area contributed by atoms with Gasteiger partial charge in [0, 0.05) is 23.1 Å². The van der Waals surface area contributed by atoms with E-state index in [1.54, 1.807) is 12.1 Å². The summed E-state index contributed by atoms with van der Waals surface area (Å²) in [6.07, 6.45) is 2.33. The first-order chi connectivity index (χ1) is 11.6. The van der Waals surface area contributed by atoms with Crippen LogP contribution in [0.1, 0.15) is 21.6 Å². The molecular weight excluding hydrogens is 310 g/mol. The number of hydrogen-bond donors (Lipinski definition) is 1. The zero-order valence-corrected chi connectivity index (χ0v) is 12.5. The van der Waals surface area contributed by atoms with Gasteiger partial charge in [0.15, 0.2) is 17.4 Å². The molecule has 3 nitrogen and oxygen atoms in total. The second-order valence-electron chi connectivity index (χ2n) is 5.67. The number of nitrogens with one attached hydrogen (secondary N) is 1. The van der Waals surface area contributed by atoms with E-state index >= 15 is 0 Å². The van der Waals surface area contributed by atoms with Crippen LogP contribution in [0.4, 0.5) is 8.78 Å². The SMILES string of the molecule is O=C1C(=Cc2cc(-c3ccc(F)c(F)c3)n[nH]2)Cc2ccccc21. The number of aromatic amines is 1. The van der Waals surface area contributed by atoms with E-state index in [1.165, 1.54) is 6.07 Å². The molecule has 2 aromatic carbocycles. The normalized spacial score (nSPS) is 15.1. The molecule has 24 heavy (non-hydrogen) atoms. The molecule has 1 aromatic heterocycles. The van der Waals surface area contributed by atoms with Crippen LogP contribution in [0.2, 0.25) is 0 Å². The summed E-state index contributed by atoms with van der Waals surface area (Å²) in [5.41, 5.74) is 4.01. The fraction of sp³-hybridized carbons (Fsp3) is 0.0526. The number of carbonyl (C=O) groups is 1. The fourth-order valence-electron chi connectivity index (χ4n) is 2.87. The quantitative estimate of drug-likeness (QED) is 0.720. The minimum absolute atomic E-state index is 0.00887. The minimum atomic E-state index is -0.920. The number of nitrogens with zero attached hydrogens (tertiary/aromatic N) is 1. The standard InChI is InChI=1S/C19H12F2N2O/c20-16-6-5-12(9-17(16)21)18-10-14(22-23-18)8-13-7-11-3-1-2-4-15(11)19(13)24/h1-6,8-10H,7H2,(H,22,23). The maximum absolute atomic E-state index is 13.3. The average molecular weight is 322 g/mol. The van der Waals surface area contributed by atoms with E-state index in [1.807, 2.05) is 24.3 Å². The van der Waals surface area contributed by atoms with Gasteiger partial charge >= 0.3 is 0 Å². The van der Waals surface area contributed by atoms with Gasteiger partial charge in [0.1, 0.15) is 0 Å².